The zero-order valence-corrected chi connectivity index (χ0v) is 28.9. The third-order valence-corrected chi connectivity index (χ3v) is 10.4. The normalized spacial score (nSPS) is 22.3. The molecule has 2 aromatic carbocycles. The van der Waals surface area contributed by atoms with Crippen molar-refractivity contribution in [1.29, 1.82) is 0 Å². The molecule has 3 aliphatic rings. The first kappa shape index (κ1) is 33.1. The van der Waals surface area contributed by atoms with Crippen LogP contribution in [0.1, 0.15) is 68.7 Å². The molecule has 3 aromatic rings. The predicted molar refractivity (Wildman–Crippen MR) is 185 cm³/mol. The van der Waals surface area contributed by atoms with Crippen molar-refractivity contribution in [3.8, 4) is 11.5 Å². The van der Waals surface area contributed by atoms with Crippen LogP contribution >= 0.6 is 11.6 Å². The van der Waals surface area contributed by atoms with Gasteiger partial charge in [0.25, 0.3) is 0 Å². The second kappa shape index (κ2) is 14.1. The van der Waals surface area contributed by atoms with E-state index in [1.54, 1.807) is 7.11 Å². The number of likely N-dealkylation sites (N-methyl/N-ethyl adjacent to an activating group) is 1. The Morgan fingerprint density at radius 3 is 2.38 bits per heavy atom. The molecule has 1 aliphatic carbocycles. The van der Waals surface area contributed by atoms with E-state index in [4.69, 9.17) is 26.1 Å². The predicted octanol–water partition coefficient (Wildman–Crippen LogP) is 6.33. The highest BCUT2D eigenvalue weighted by Crippen LogP contribution is 2.44. The van der Waals surface area contributed by atoms with Crippen LogP contribution in [0.3, 0.4) is 0 Å². The topological polar surface area (TPSA) is 78.5 Å². The second-order valence-electron chi connectivity index (χ2n) is 13.3. The van der Waals surface area contributed by atoms with E-state index in [1.165, 1.54) is 0 Å². The van der Waals surface area contributed by atoms with Crippen molar-refractivity contribution < 1.29 is 19.1 Å². The summed E-state index contributed by atoms with van der Waals surface area (Å²) in [4.78, 5) is 39.0. The van der Waals surface area contributed by atoms with Crippen LogP contribution in [-0.4, -0.2) is 79.7 Å². The van der Waals surface area contributed by atoms with Gasteiger partial charge in [0.1, 0.15) is 5.82 Å². The van der Waals surface area contributed by atoms with Crippen LogP contribution in [0.5, 0.6) is 11.5 Å². The fourth-order valence-corrected chi connectivity index (χ4v) is 7.36. The van der Waals surface area contributed by atoms with Crippen molar-refractivity contribution in [2.75, 3.05) is 50.8 Å². The van der Waals surface area contributed by atoms with Gasteiger partial charge in [-0.05, 0) is 98.0 Å². The summed E-state index contributed by atoms with van der Waals surface area (Å²) in [5, 5.41) is 0.638. The van der Waals surface area contributed by atoms with E-state index in [-0.39, 0.29) is 30.4 Å². The van der Waals surface area contributed by atoms with Gasteiger partial charge in [-0.1, -0.05) is 30.7 Å². The van der Waals surface area contributed by atoms with Gasteiger partial charge in [-0.25, -0.2) is 4.98 Å². The van der Waals surface area contributed by atoms with Crippen molar-refractivity contribution in [1.82, 2.24) is 14.8 Å². The molecule has 2 atom stereocenters. The summed E-state index contributed by atoms with van der Waals surface area (Å²) in [6, 6.07) is 15.8. The van der Waals surface area contributed by atoms with E-state index in [1.807, 2.05) is 78.5 Å². The van der Waals surface area contributed by atoms with Gasteiger partial charge in [-0.2, -0.15) is 0 Å². The number of fused-ring (bicyclic) bond motifs is 1. The standard InChI is InChI=1S/C37H46ClN5O4/c1-6-24(2)47-33-19-31-27(17-32(33)46-5)18-35(44)43(37(31)26-9-11-28(38)12-10-26)30-15-16-34(39-20-30)40(3)21-25-7-13-29(14-8-25)42-22-36(45)41(4)23-42/h9-12,15-17,19-20,24-25,29,37H,6-8,13-14,18,21-23H2,1-5H3/t24?,25?,29?,37-/m0/s1. The number of methoxy groups -OCH3 is 1. The molecule has 1 saturated carbocycles. The lowest BCUT2D eigenvalue weighted by Gasteiger charge is -2.38. The van der Waals surface area contributed by atoms with Gasteiger partial charge in [0.05, 0.1) is 50.8 Å². The molecule has 1 unspecified atom stereocenters. The number of hydrogen-bond acceptors (Lipinski definition) is 7. The molecule has 2 amide bonds. The molecule has 3 heterocycles. The Morgan fingerprint density at radius 2 is 1.77 bits per heavy atom. The highest BCUT2D eigenvalue weighted by molar-refractivity contribution is 6.30. The first-order valence-electron chi connectivity index (χ1n) is 16.7. The van der Waals surface area contributed by atoms with Gasteiger partial charge in [0.15, 0.2) is 11.5 Å². The number of ether oxygens (including phenoxy) is 2. The fraction of sp³-hybridized carbons (Fsp3) is 0.486. The van der Waals surface area contributed by atoms with Crippen LogP contribution in [0.15, 0.2) is 54.7 Å². The minimum atomic E-state index is -0.389. The smallest absolute Gasteiger partial charge is 0.237 e. The van der Waals surface area contributed by atoms with Gasteiger partial charge in [-0.3, -0.25) is 19.4 Å². The molecule has 1 saturated heterocycles. The molecule has 2 fully saturated rings. The largest absolute Gasteiger partial charge is 0.493 e. The number of hydrogen-bond donors (Lipinski definition) is 0. The molecule has 9 nitrogen and oxygen atoms in total. The number of aromatic nitrogens is 1. The maximum atomic E-state index is 13.9. The SMILES string of the molecule is CCC(C)Oc1cc2c(cc1OC)CC(=O)N(c1ccc(N(C)CC3CCC(N4CC(=O)N(C)C4)CC3)nc1)[C@H]2c1ccc(Cl)cc1. The molecule has 6 rings (SSSR count). The number of carbonyl (C=O) groups is 2. The van der Waals surface area contributed by atoms with Crippen molar-refractivity contribution in [3.63, 3.8) is 0 Å². The first-order valence-corrected chi connectivity index (χ1v) is 17.1. The number of amides is 2. The number of anilines is 2. The third kappa shape index (κ3) is 7.06. The summed E-state index contributed by atoms with van der Waals surface area (Å²) in [5.41, 5.74) is 3.60. The molecule has 0 radical (unpaired) electrons. The molecule has 0 spiro atoms. The second-order valence-corrected chi connectivity index (χ2v) is 13.8. The molecule has 250 valence electrons. The number of carbonyl (C=O) groups excluding carboxylic acids is 2. The molecule has 10 heteroatoms. The number of rotatable bonds is 10. The van der Waals surface area contributed by atoms with Gasteiger partial charge < -0.3 is 19.3 Å². The zero-order chi connectivity index (χ0) is 33.2. The maximum absolute atomic E-state index is 13.9. The summed E-state index contributed by atoms with van der Waals surface area (Å²) in [6.07, 6.45) is 7.44. The summed E-state index contributed by atoms with van der Waals surface area (Å²) in [7, 11) is 5.61. The van der Waals surface area contributed by atoms with E-state index < -0.39 is 0 Å². The number of nitrogens with zero attached hydrogens (tertiary/aromatic N) is 5. The Bertz CT molecular complexity index is 1570. The Balaban J connectivity index is 1.21. The summed E-state index contributed by atoms with van der Waals surface area (Å²) < 4.78 is 12.0. The van der Waals surface area contributed by atoms with E-state index in [0.29, 0.717) is 35.0 Å². The van der Waals surface area contributed by atoms with Crippen molar-refractivity contribution in [3.05, 3.63) is 76.4 Å². The fourth-order valence-electron chi connectivity index (χ4n) is 7.24. The van der Waals surface area contributed by atoms with E-state index >= 15 is 0 Å². The van der Waals surface area contributed by atoms with Crippen LogP contribution in [0.4, 0.5) is 11.5 Å². The number of pyridine rings is 1. The Labute approximate surface area is 283 Å². The molecule has 2 aliphatic heterocycles. The number of halogens is 1. The van der Waals surface area contributed by atoms with Crippen LogP contribution in [-0.2, 0) is 16.0 Å². The summed E-state index contributed by atoms with van der Waals surface area (Å²) in [5.74, 6) is 2.95. The van der Waals surface area contributed by atoms with Crippen LogP contribution < -0.4 is 19.3 Å². The van der Waals surface area contributed by atoms with Crippen LogP contribution in [0.2, 0.25) is 5.02 Å². The highest BCUT2D eigenvalue weighted by Gasteiger charge is 2.37. The zero-order valence-electron chi connectivity index (χ0n) is 28.1. The van der Waals surface area contributed by atoms with Crippen molar-refractivity contribution >= 4 is 34.9 Å². The molecular formula is C37H46ClN5O4. The van der Waals surface area contributed by atoms with E-state index in [2.05, 4.69) is 23.8 Å². The maximum Gasteiger partial charge on any atom is 0.237 e. The van der Waals surface area contributed by atoms with Crippen LogP contribution in [0.25, 0.3) is 0 Å². The van der Waals surface area contributed by atoms with E-state index in [9.17, 15) is 9.59 Å². The number of benzene rings is 2. The quantitative estimate of drug-likeness (QED) is 0.252. The Hall–Kier alpha value is -3.82. The molecule has 0 bridgehead atoms. The molecule has 1 aromatic heterocycles. The molecule has 47 heavy (non-hydrogen) atoms. The molecule has 0 N–H and O–H groups in total. The van der Waals surface area contributed by atoms with Crippen molar-refractivity contribution in [2.45, 2.75) is 70.6 Å². The Morgan fingerprint density at radius 1 is 1.02 bits per heavy atom. The average molecular weight is 660 g/mol. The summed E-state index contributed by atoms with van der Waals surface area (Å²) >= 11 is 6.29. The summed E-state index contributed by atoms with van der Waals surface area (Å²) in [6.45, 7) is 6.34. The third-order valence-electron chi connectivity index (χ3n) is 10.1. The average Bonchev–Trinajstić information content (AvgIpc) is 3.42. The minimum absolute atomic E-state index is 0.0128. The lowest BCUT2D eigenvalue weighted by atomic mass is 9.85. The minimum Gasteiger partial charge on any atom is -0.493 e. The van der Waals surface area contributed by atoms with Gasteiger partial charge >= 0.3 is 0 Å². The lowest BCUT2D eigenvalue weighted by Crippen LogP contribution is -2.41. The van der Waals surface area contributed by atoms with Gasteiger partial charge in [0, 0.05) is 31.7 Å². The lowest BCUT2D eigenvalue weighted by molar-refractivity contribution is -0.125. The Kier molecular flexibility index (Phi) is 9.94. The van der Waals surface area contributed by atoms with Gasteiger partial charge in [-0.15, -0.1) is 0 Å². The van der Waals surface area contributed by atoms with E-state index in [0.717, 1.165) is 73.5 Å². The monoisotopic (exact) mass is 659 g/mol. The van der Waals surface area contributed by atoms with Crippen LogP contribution in [0, 0.1) is 5.92 Å². The van der Waals surface area contributed by atoms with Crippen molar-refractivity contribution in [2.24, 2.45) is 5.92 Å². The highest BCUT2D eigenvalue weighted by atomic mass is 35.5. The van der Waals surface area contributed by atoms with Gasteiger partial charge in [0.2, 0.25) is 11.8 Å². The molecular weight excluding hydrogens is 614 g/mol. The first-order chi connectivity index (χ1) is 22.6.